The molecule has 0 saturated carbocycles. The molecule has 0 aliphatic carbocycles. The molecule has 2 heterocycles. The van der Waals surface area contributed by atoms with Crippen molar-refractivity contribution < 1.29 is 9.21 Å². The van der Waals surface area contributed by atoms with Crippen LogP contribution in [-0.4, -0.2) is 15.9 Å². The Kier molecular flexibility index (Phi) is 4.01. The van der Waals surface area contributed by atoms with Crippen LogP contribution < -0.4 is 10.9 Å². The van der Waals surface area contributed by atoms with Gasteiger partial charge in [0.15, 0.2) is 0 Å². The van der Waals surface area contributed by atoms with Gasteiger partial charge in [0.25, 0.3) is 0 Å². The van der Waals surface area contributed by atoms with Gasteiger partial charge in [-0.2, -0.15) is 0 Å². The van der Waals surface area contributed by atoms with E-state index in [1.54, 1.807) is 6.26 Å². The molecular formula is C20H18N4O2. The number of aromatic nitrogens is 2. The first-order valence-corrected chi connectivity index (χ1v) is 8.35. The highest BCUT2D eigenvalue weighted by atomic mass is 16.3. The van der Waals surface area contributed by atoms with Crippen LogP contribution in [-0.2, 0) is 11.2 Å². The normalized spacial score (nSPS) is 11.0. The van der Waals surface area contributed by atoms with Crippen molar-refractivity contribution in [2.45, 2.75) is 20.3 Å². The number of hydrazine groups is 1. The Morgan fingerprint density at radius 2 is 1.85 bits per heavy atom. The summed E-state index contributed by atoms with van der Waals surface area (Å²) in [7, 11) is 0. The summed E-state index contributed by atoms with van der Waals surface area (Å²) in [6.45, 7) is 3.76. The molecule has 2 N–H and O–H groups in total. The molecule has 6 nitrogen and oxygen atoms in total. The first-order valence-electron chi connectivity index (χ1n) is 8.35. The van der Waals surface area contributed by atoms with Crippen LogP contribution in [0.5, 0.6) is 0 Å². The molecule has 0 atom stereocenters. The van der Waals surface area contributed by atoms with E-state index in [1.807, 2.05) is 56.3 Å². The lowest BCUT2D eigenvalue weighted by Gasteiger charge is -2.08. The maximum atomic E-state index is 12.4. The SMILES string of the molecule is Cc1cc(C)nc(NNC(=O)Cc2coc3ccc4ccccc4c23)n1. The maximum Gasteiger partial charge on any atom is 0.242 e. The fraction of sp³-hybridized carbons (Fsp3) is 0.150. The molecule has 2 aromatic heterocycles. The van der Waals surface area contributed by atoms with Crippen molar-refractivity contribution in [3.63, 3.8) is 0 Å². The Balaban J connectivity index is 1.55. The predicted octanol–water partition coefficient (Wildman–Crippen LogP) is 3.68. The van der Waals surface area contributed by atoms with Gasteiger partial charge in [-0.3, -0.25) is 15.6 Å². The number of carbonyl (C=O) groups excluding carboxylic acids is 1. The molecule has 0 unspecified atom stereocenters. The zero-order chi connectivity index (χ0) is 18.1. The van der Waals surface area contributed by atoms with Gasteiger partial charge in [0.05, 0.1) is 12.7 Å². The topological polar surface area (TPSA) is 80.0 Å². The molecule has 6 heteroatoms. The number of amides is 1. The van der Waals surface area contributed by atoms with Crippen molar-refractivity contribution in [1.29, 1.82) is 0 Å². The summed E-state index contributed by atoms with van der Waals surface area (Å²) in [6.07, 6.45) is 1.84. The number of nitrogens with one attached hydrogen (secondary N) is 2. The van der Waals surface area contributed by atoms with Crippen molar-refractivity contribution in [2.24, 2.45) is 0 Å². The van der Waals surface area contributed by atoms with Gasteiger partial charge in [0.1, 0.15) is 5.58 Å². The van der Waals surface area contributed by atoms with Crippen LogP contribution in [0.3, 0.4) is 0 Å². The molecule has 4 rings (SSSR count). The van der Waals surface area contributed by atoms with Crippen molar-refractivity contribution in [1.82, 2.24) is 15.4 Å². The van der Waals surface area contributed by atoms with Gasteiger partial charge in [-0.1, -0.05) is 30.3 Å². The molecule has 0 aliphatic heterocycles. The molecule has 0 aliphatic rings. The molecule has 1 amide bonds. The summed E-state index contributed by atoms with van der Waals surface area (Å²) in [5.74, 6) is 0.182. The molecule has 4 aromatic rings. The lowest BCUT2D eigenvalue weighted by atomic mass is 10.0. The Hall–Kier alpha value is -3.41. The van der Waals surface area contributed by atoms with E-state index in [2.05, 4.69) is 20.8 Å². The second-order valence-electron chi connectivity index (χ2n) is 6.25. The third kappa shape index (κ3) is 3.09. The minimum atomic E-state index is -0.191. The Morgan fingerprint density at radius 3 is 2.65 bits per heavy atom. The number of nitrogens with zero attached hydrogens (tertiary/aromatic N) is 2. The molecule has 2 aromatic carbocycles. The quantitative estimate of drug-likeness (QED) is 0.551. The summed E-state index contributed by atoms with van der Waals surface area (Å²) in [4.78, 5) is 20.8. The molecule has 130 valence electrons. The van der Waals surface area contributed by atoms with E-state index in [1.165, 1.54) is 0 Å². The lowest BCUT2D eigenvalue weighted by Crippen LogP contribution is -2.31. The number of hydrogen-bond acceptors (Lipinski definition) is 5. The fourth-order valence-electron chi connectivity index (χ4n) is 3.13. The zero-order valence-electron chi connectivity index (χ0n) is 14.5. The first kappa shape index (κ1) is 16.1. The van der Waals surface area contributed by atoms with E-state index in [-0.39, 0.29) is 12.3 Å². The van der Waals surface area contributed by atoms with Gasteiger partial charge in [-0.05, 0) is 36.8 Å². The summed E-state index contributed by atoms with van der Waals surface area (Å²) >= 11 is 0. The molecular weight excluding hydrogens is 328 g/mol. The molecule has 26 heavy (non-hydrogen) atoms. The number of hydrogen-bond donors (Lipinski definition) is 2. The minimum absolute atomic E-state index is 0.191. The molecule has 0 fully saturated rings. The summed E-state index contributed by atoms with van der Waals surface area (Å²) in [6, 6.07) is 13.9. The second-order valence-corrected chi connectivity index (χ2v) is 6.25. The predicted molar refractivity (Wildman–Crippen MR) is 101 cm³/mol. The van der Waals surface area contributed by atoms with E-state index in [9.17, 15) is 4.79 Å². The number of aryl methyl sites for hydroxylation is 2. The smallest absolute Gasteiger partial charge is 0.242 e. The molecule has 0 bridgehead atoms. The van der Waals surface area contributed by atoms with Crippen molar-refractivity contribution in [3.05, 3.63) is 65.7 Å². The molecule has 0 radical (unpaired) electrons. The van der Waals surface area contributed by atoms with E-state index >= 15 is 0 Å². The second kappa shape index (κ2) is 6.48. The lowest BCUT2D eigenvalue weighted by molar-refractivity contribution is -0.119. The summed E-state index contributed by atoms with van der Waals surface area (Å²) in [5, 5.41) is 3.16. The average Bonchev–Trinajstić information content (AvgIpc) is 3.02. The Labute approximate surface area is 150 Å². The van der Waals surface area contributed by atoms with Gasteiger partial charge in [0.2, 0.25) is 11.9 Å². The summed E-state index contributed by atoms with van der Waals surface area (Å²) < 4.78 is 5.63. The van der Waals surface area contributed by atoms with Crippen LogP contribution in [0.15, 0.2) is 53.1 Å². The highest BCUT2D eigenvalue weighted by molar-refractivity contribution is 6.08. The number of carbonyl (C=O) groups is 1. The van der Waals surface area contributed by atoms with Crippen LogP contribution in [0.1, 0.15) is 17.0 Å². The number of anilines is 1. The van der Waals surface area contributed by atoms with Gasteiger partial charge in [-0.25, -0.2) is 9.97 Å². The standard InChI is InChI=1S/C20H18N4O2/c1-12-9-13(2)22-20(21-12)24-23-18(25)10-15-11-26-17-8-7-14-5-3-4-6-16(14)19(15)17/h3-9,11H,10H2,1-2H3,(H,23,25)(H,21,22,24). The monoisotopic (exact) mass is 346 g/mol. The number of furan rings is 1. The largest absolute Gasteiger partial charge is 0.464 e. The van der Waals surface area contributed by atoms with Crippen LogP contribution in [0.25, 0.3) is 21.7 Å². The van der Waals surface area contributed by atoms with Gasteiger partial charge in [0, 0.05) is 22.3 Å². The van der Waals surface area contributed by atoms with Crippen molar-refractivity contribution >= 4 is 33.6 Å². The van der Waals surface area contributed by atoms with Crippen LogP contribution in [0.2, 0.25) is 0 Å². The van der Waals surface area contributed by atoms with Crippen LogP contribution in [0, 0.1) is 13.8 Å². The van der Waals surface area contributed by atoms with Crippen LogP contribution >= 0.6 is 0 Å². The van der Waals surface area contributed by atoms with E-state index in [0.29, 0.717) is 5.95 Å². The molecule has 0 spiro atoms. The highest BCUT2D eigenvalue weighted by Gasteiger charge is 2.13. The Bertz CT molecular complexity index is 1100. The zero-order valence-corrected chi connectivity index (χ0v) is 14.5. The first-order chi connectivity index (χ1) is 12.6. The Morgan fingerprint density at radius 1 is 1.08 bits per heavy atom. The van der Waals surface area contributed by atoms with Crippen molar-refractivity contribution in [2.75, 3.05) is 5.43 Å². The molecule has 0 saturated heterocycles. The van der Waals surface area contributed by atoms with Crippen LogP contribution in [0.4, 0.5) is 5.95 Å². The minimum Gasteiger partial charge on any atom is -0.464 e. The van der Waals surface area contributed by atoms with E-state index in [4.69, 9.17) is 4.42 Å². The third-order valence-electron chi connectivity index (χ3n) is 4.19. The van der Waals surface area contributed by atoms with Crippen molar-refractivity contribution in [3.8, 4) is 0 Å². The summed E-state index contributed by atoms with van der Waals surface area (Å²) in [5.41, 5.74) is 8.71. The number of fused-ring (bicyclic) bond motifs is 3. The average molecular weight is 346 g/mol. The van der Waals surface area contributed by atoms with Gasteiger partial charge >= 0.3 is 0 Å². The third-order valence-corrected chi connectivity index (χ3v) is 4.19. The van der Waals surface area contributed by atoms with E-state index in [0.717, 1.165) is 38.7 Å². The highest BCUT2D eigenvalue weighted by Crippen LogP contribution is 2.30. The van der Waals surface area contributed by atoms with Gasteiger partial charge in [-0.15, -0.1) is 0 Å². The maximum absolute atomic E-state index is 12.4. The number of rotatable bonds is 4. The fourth-order valence-corrected chi connectivity index (χ4v) is 3.13. The van der Waals surface area contributed by atoms with Gasteiger partial charge < -0.3 is 4.42 Å². The number of benzene rings is 2. The van der Waals surface area contributed by atoms with E-state index < -0.39 is 0 Å².